The number of nitrogens with one attached hydrogen (secondary N) is 2. The first-order valence-electron chi connectivity index (χ1n) is 8.25. The Labute approximate surface area is 157 Å². The number of methoxy groups -OCH3 is 2. The number of amides is 1. The van der Waals surface area contributed by atoms with E-state index in [0.29, 0.717) is 4.91 Å². The SMILES string of the molecule is COc1cc(/C=C2\SC(Nc3cc(C)ccc3OC)NC2=O)ccc1C. The van der Waals surface area contributed by atoms with Crippen LogP contribution in [0.1, 0.15) is 16.7 Å². The Morgan fingerprint density at radius 3 is 2.58 bits per heavy atom. The molecular weight excluding hydrogens is 348 g/mol. The highest BCUT2D eigenvalue weighted by Gasteiger charge is 2.27. The average molecular weight is 370 g/mol. The van der Waals surface area contributed by atoms with Crippen molar-refractivity contribution in [2.45, 2.75) is 19.3 Å². The first kappa shape index (κ1) is 18.2. The van der Waals surface area contributed by atoms with Crippen molar-refractivity contribution < 1.29 is 14.3 Å². The number of rotatable bonds is 5. The average Bonchev–Trinajstić information content (AvgIpc) is 2.96. The summed E-state index contributed by atoms with van der Waals surface area (Å²) in [5.74, 6) is 1.45. The molecule has 3 rings (SSSR count). The Hall–Kier alpha value is -2.60. The Balaban J connectivity index is 1.78. The van der Waals surface area contributed by atoms with E-state index < -0.39 is 0 Å². The summed E-state index contributed by atoms with van der Waals surface area (Å²) < 4.78 is 10.7. The lowest BCUT2D eigenvalue weighted by atomic mass is 10.1. The number of hydrogen-bond donors (Lipinski definition) is 2. The van der Waals surface area contributed by atoms with E-state index in [-0.39, 0.29) is 11.4 Å². The maximum atomic E-state index is 12.3. The van der Waals surface area contributed by atoms with Gasteiger partial charge in [-0.2, -0.15) is 0 Å². The van der Waals surface area contributed by atoms with Crippen molar-refractivity contribution in [1.82, 2.24) is 5.32 Å². The highest BCUT2D eigenvalue weighted by molar-refractivity contribution is 8.05. The van der Waals surface area contributed by atoms with Gasteiger partial charge >= 0.3 is 0 Å². The topological polar surface area (TPSA) is 59.6 Å². The monoisotopic (exact) mass is 370 g/mol. The minimum atomic E-state index is -0.253. The number of carbonyl (C=O) groups excluding carboxylic acids is 1. The van der Waals surface area contributed by atoms with Crippen LogP contribution in [-0.2, 0) is 4.79 Å². The van der Waals surface area contributed by atoms with Gasteiger partial charge in [0.1, 0.15) is 11.5 Å². The molecule has 0 bridgehead atoms. The number of aryl methyl sites for hydroxylation is 2. The molecule has 2 aromatic rings. The van der Waals surface area contributed by atoms with Gasteiger partial charge in [-0.3, -0.25) is 4.79 Å². The number of anilines is 1. The van der Waals surface area contributed by atoms with Crippen LogP contribution in [0.15, 0.2) is 41.3 Å². The van der Waals surface area contributed by atoms with Gasteiger partial charge in [-0.05, 0) is 54.8 Å². The molecule has 0 aliphatic carbocycles. The molecule has 0 radical (unpaired) electrons. The zero-order valence-electron chi connectivity index (χ0n) is 15.3. The van der Waals surface area contributed by atoms with Gasteiger partial charge in [0.05, 0.1) is 24.8 Å². The van der Waals surface area contributed by atoms with Crippen LogP contribution in [0.4, 0.5) is 5.69 Å². The van der Waals surface area contributed by atoms with Gasteiger partial charge in [-0.25, -0.2) is 0 Å². The van der Waals surface area contributed by atoms with Crippen molar-refractivity contribution in [3.8, 4) is 11.5 Å². The van der Waals surface area contributed by atoms with Crippen LogP contribution in [0.3, 0.4) is 0 Å². The molecular formula is C20H22N2O3S. The molecule has 1 atom stereocenters. The number of carbonyl (C=O) groups is 1. The summed E-state index contributed by atoms with van der Waals surface area (Å²) in [5, 5.41) is 6.26. The molecule has 1 aliphatic heterocycles. The molecule has 26 heavy (non-hydrogen) atoms. The Morgan fingerprint density at radius 2 is 1.85 bits per heavy atom. The third-order valence-electron chi connectivity index (χ3n) is 4.10. The molecule has 2 aromatic carbocycles. The zero-order chi connectivity index (χ0) is 18.7. The number of thioether (sulfide) groups is 1. The van der Waals surface area contributed by atoms with Crippen LogP contribution in [-0.4, -0.2) is 25.6 Å². The Kier molecular flexibility index (Phi) is 5.42. The van der Waals surface area contributed by atoms with Crippen molar-refractivity contribution in [1.29, 1.82) is 0 Å². The maximum absolute atomic E-state index is 12.3. The summed E-state index contributed by atoms with van der Waals surface area (Å²) in [5.41, 5.74) is 3.70. The molecule has 1 fully saturated rings. The molecule has 0 spiro atoms. The van der Waals surface area contributed by atoms with E-state index >= 15 is 0 Å². The van der Waals surface area contributed by atoms with Gasteiger partial charge in [0.15, 0.2) is 5.50 Å². The molecule has 1 unspecified atom stereocenters. The van der Waals surface area contributed by atoms with E-state index in [1.54, 1.807) is 14.2 Å². The van der Waals surface area contributed by atoms with E-state index in [1.807, 2.05) is 56.3 Å². The van der Waals surface area contributed by atoms with Crippen LogP contribution < -0.4 is 20.1 Å². The van der Waals surface area contributed by atoms with Gasteiger partial charge in [0, 0.05) is 0 Å². The standard InChI is InChI=1S/C20H22N2O3S/c1-12-5-8-16(24-3)15(9-12)21-20-22-19(23)18(26-20)11-14-7-6-13(2)17(10-14)25-4/h5-11,20-21H,1-4H3,(H,22,23)/b18-11-. The number of hydrogen-bond acceptors (Lipinski definition) is 5. The molecule has 136 valence electrons. The fraction of sp³-hybridized carbons (Fsp3) is 0.250. The molecule has 1 amide bonds. The number of ether oxygens (including phenoxy) is 2. The van der Waals surface area contributed by atoms with E-state index in [1.165, 1.54) is 11.8 Å². The van der Waals surface area contributed by atoms with Gasteiger partial charge in [-0.15, -0.1) is 0 Å². The summed E-state index contributed by atoms with van der Waals surface area (Å²) in [6.45, 7) is 4.00. The fourth-order valence-electron chi connectivity index (χ4n) is 2.72. The molecule has 1 heterocycles. The van der Waals surface area contributed by atoms with Crippen molar-refractivity contribution in [3.05, 3.63) is 58.0 Å². The Morgan fingerprint density at radius 1 is 1.08 bits per heavy atom. The van der Waals surface area contributed by atoms with Gasteiger partial charge in [0.2, 0.25) is 0 Å². The lowest BCUT2D eigenvalue weighted by Gasteiger charge is -2.16. The largest absolute Gasteiger partial charge is 0.496 e. The second-order valence-electron chi connectivity index (χ2n) is 6.06. The lowest BCUT2D eigenvalue weighted by molar-refractivity contribution is -0.116. The molecule has 0 aromatic heterocycles. The summed E-state index contributed by atoms with van der Waals surface area (Å²) in [6.07, 6.45) is 1.87. The van der Waals surface area contributed by atoms with Gasteiger partial charge in [-0.1, -0.05) is 30.0 Å². The summed E-state index contributed by atoms with van der Waals surface area (Å²) in [7, 11) is 3.28. The van der Waals surface area contributed by atoms with Crippen LogP contribution in [0.2, 0.25) is 0 Å². The first-order chi connectivity index (χ1) is 12.5. The molecule has 0 saturated carbocycles. The van der Waals surface area contributed by atoms with Crippen LogP contribution in [0, 0.1) is 13.8 Å². The first-order valence-corrected chi connectivity index (χ1v) is 9.13. The minimum absolute atomic E-state index is 0.0985. The van der Waals surface area contributed by atoms with Crippen molar-refractivity contribution in [2.75, 3.05) is 19.5 Å². The van der Waals surface area contributed by atoms with Crippen molar-refractivity contribution in [2.24, 2.45) is 0 Å². The van der Waals surface area contributed by atoms with Crippen LogP contribution in [0.25, 0.3) is 6.08 Å². The molecule has 1 aliphatic rings. The third-order valence-corrected chi connectivity index (χ3v) is 5.13. The second kappa shape index (κ2) is 7.74. The molecule has 1 saturated heterocycles. The minimum Gasteiger partial charge on any atom is -0.496 e. The predicted molar refractivity (Wildman–Crippen MR) is 107 cm³/mol. The highest BCUT2D eigenvalue weighted by Crippen LogP contribution is 2.34. The smallest absolute Gasteiger partial charge is 0.260 e. The van der Waals surface area contributed by atoms with E-state index in [2.05, 4.69) is 10.6 Å². The van der Waals surface area contributed by atoms with Crippen LogP contribution >= 0.6 is 11.8 Å². The molecule has 6 heteroatoms. The van der Waals surface area contributed by atoms with Crippen molar-refractivity contribution >= 4 is 29.4 Å². The molecule has 2 N–H and O–H groups in total. The van der Waals surface area contributed by atoms with Gasteiger partial charge < -0.3 is 20.1 Å². The van der Waals surface area contributed by atoms with E-state index in [9.17, 15) is 4.79 Å². The van der Waals surface area contributed by atoms with Crippen molar-refractivity contribution in [3.63, 3.8) is 0 Å². The maximum Gasteiger partial charge on any atom is 0.260 e. The number of benzene rings is 2. The summed E-state index contributed by atoms with van der Waals surface area (Å²) >= 11 is 1.44. The Bertz CT molecular complexity index is 864. The predicted octanol–water partition coefficient (Wildman–Crippen LogP) is 3.92. The quantitative estimate of drug-likeness (QED) is 0.781. The zero-order valence-corrected chi connectivity index (χ0v) is 16.1. The van der Waals surface area contributed by atoms with Crippen LogP contribution in [0.5, 0.6) is 11.5 Å². The lowest BCUT2D eigenvalue weighted by Crippen LogP contribution is -2.31. The second-order valence-corrected chi connectivity index (χ2v) is 7.20. The fourth-order valence-corrected chi connectivity index (χ4v) is 3.69. The summed E-state index contributed by atoms with van der Waals surface area (Å²) in [6, 6.07) is 11.8. The third kappa shape index (κ3) is 3.96. The summed E-state index contributed by atoms with van der Waals surface area (Å²) in [4.78, 5) is 13.0. The van der Waals surface area contributed by atoms with Gasteiger partial charge in [0.25, 0.3) is 5.91 Å². The van der Waals surface area contributed by atoms with E-state index in [0.717, 1.165) is 33.9 Å². The normalized spacial score (nSPS) is 17.9. The highest BCUT2D eigenvalue weighted by atomic mass is 32.2. The van der Waals surface area contributed by atoms with E-state index in [4.69, 9.17) is 9.47 Å². The molecule has 5 nitrogen and oxygen atoms in total.